The second-order valence-electron chi connectivity index (χ2n) is 9.63. The fraction of sp³-hybridized carbons (Fsp3) is 0.414. The van der Waals surface area contributed by atoms with Crippen LogP contribution in [0.2, 0.25) is 0 Å². The number of aromatic nitrogens is 1. The van der Waals surface area contributed by atoms with Crippen molar-refractivity contribution in [1.29, 1.82) is 5.41 Å². The van der Waals surface area contributed by atoms with Gasteiger partial charge in [-0.05, 0) is 67.9 Å². The fourth-order valence-electron chi connectivity index (χ4n) is 4.50. The number of nitrogens with two attached hydrogens (primary N) is 1. The van der Waals surface area contributed by atoms with Crippen LogP contribution in [-0.2, 0) is 4.79 Å². The zero-order valence-electron chi connectivity index (χ0n) is 22.2. The molecule has 2 aromatic rings. The second-order valence-corrected chi connectivity index (χ2v) is 9.63. The lowest BCUT2D eigenvalue weighted by Gasteiger charge is -2.28. The standard InChI is InChI=1S/C22H24FN5.C7H13NO2/c1-14-15(2)28-13-22(25)27-9-7-16(10-21(14)24)19-6-5-18(23)11-20(19)17-4-3-8-26-12-17;1-6(9)8-4-2-7(10)3-5-8/h3-6,8,11-12,16,24H,1,7,9-10,13H2,2H3,(H2,25,27);7,10H,2-5H2,1H3. The van der Waals surface area contributed by atoms with E-state index in [9.17, 15) is 9.18 Å². The summed E-state index contributed by atoms with van der Waals surface area (Å²) in [6.07, 6.45) is 5.86. The van der Waals surface area contributed by atoms with Crippen LogP contribution < -0.4 is 5.73 Å². The summed E-state index contributed by atoms with van der Waals surface area (Å²) in [4.78, 5) is 25.5. The van der Waals surface area contributed by atoms with Gasteiger partial charge in [-0.3, -0.25) is 19.8 Å². The van der Waals surface area contributed by atoms with Crippen molar-refractivity contribution in [2.75, 3.05) is 26.2 Å². The largest absolute Gasteiger partial charge is 0.393 e. The minimum atomic E-state index is -0.302. The average molecular weight is 521 g/mol. The average Bonchev–Trinajstić information content (AvgIpc) is 2.93. The van der Waals surface area contributed by atoms with Gasteiger partial charge in [0, 0.05) is 61.5 Å². The number of amidine groups is 1. The van der Waals surface area contributed by atoms with E-state index in [0.717, 1.165) is 42.6 Å². The van der Waals surface area contributed by atoms with Gasteiger partial charge < -0.3 is 21.1 Å². The van der Waals surface area contributed by atoms with Gasteiger partial charge in [0.25, 0.3) is 0 Å². The maximum absolute atomic E-state index is 14.0. The molecule has 1 atom stereocenters. The Morgan fingerprint density at radius 2 is 1.95 bits per heavy atom. The van der Waals surface area contributed by atoms with E-state index >= 15 is 0 Å². The molecule has 0 spiro atoms. The molecule has 0 aliphatic carbocycles. The number of allylic oxidation sites excluding steroid dienone is 1. The number of nitrogens with zero attached hydrogens (tertiary/aromatic N) is 4. The molecule has 9 heteroatoms. The molecule has 2 aliphatic rings. The van der Waals surface area contributed by atoms with Crippen molar-refractivity contribution in [2.45, 2.75) is 51.6 Å². The zero-order valence-corrected chi connectivity index (χ0v) is 22.2. The predicted molar refractivity (Wildman–Crippen MR) is 150 cm³/mol. The first-order valence-electron chi connectivity index (χ1n) is 12.9. The molecule has 38 heavy (non-hydrogen) atoms. The van der Waals surface area contributed by atoms with E-state index < -0.39 is 0 Å². The van der Waals surface area contributed by atoms with Crippen molar-refractivity contribution in [3.05, 3.63) is 66.3 Å². The van der Waals surface area contributed by atoms with E-state index in [4.69, 9.17) is 16.2 Å². The van der Waals surface area contributed by atoms with Crippen LogP contribution in [0, 0.1) is 11.2 Å². The Hall–Kier alpha value is -3.72. The van der Waals surface area contributed by atoms with Crippen molar-refractivity contribution in [2.24, 2.45) is 15.7 Å². The van der Waals surface area contributed by atoms with Gasteiger partial charge in [0.05, 0.1) is 12.6 Å². The number of pyridine rings is 1. The van der Waals surface area contributed by atoms with Crippen molar-refractivity contribution < 1.29 is 14.3 Å². The van der Waals surface area contributed by atoms with Gasteiger partial charge in [0.2, 0.25) is 5.91 Å². The van der Waals surface area contributed by atoms with Crippen LogP contribution in [0.1, 0.15) is 51.0 Å². The van der Waals surface area contributed by atoms with Crippen LogP contribution in [-0.4, -0.2) is 70.4 Å². The lowest BCUT2D eigenvalue weighted by atomic mass is 9.84. The van der Waals surface area contributed by atoms with E-state index in [0.29, 0.717) is 48.8 Å². The molecule has 0 radical (unpaired) electrons. The molecule has 2 aliphatic heterocycles. The molecule has 0 bridgehead atoms. The first-order chi connectivity index (χ1) is 18.2. The Labute approximate surface area is 223 Å². The first kappa shape index (κ1) is 28.8. The number of aliphatic hydroxyl groups is 1. The van der Waals surface area contributed by atoms with E-state index in [1.54, 1.807) is 30.3 Å². The van der Waals surface area contributed by atoms with Gasteiger partial charge in [0.1, 0.15) is 11.7 Å². The molecule has 3 heterocycles. The number of rotatable bonds is 2. The van der Waals surface area contributed by atoms with Crippen molar-refractivity contribution in [3.8, 4) is 11.1 Å². The molecule has 202 valence electrons. The molecule has 4 rings (SSSR count). The lowest BCUT2D eigenvalue weighted by molar-refractivity contribution is -0.130. The minimum Gasteiger partial charge on any atom is -0.393 e. The number of hydrogen-bond acceptors (Lipinski definition) is 7. The normalized spacial score (nSPS) is 19.5. The summed E-state index contributed by atoms with van der Waals surface area (Å²) in [7, 11) is 0. The molecule has 1 fully saturated rings. The van der Waals surface area contributed by atoms with Gasteiger partial charge in [-0.1, -0.05) is 18.7 Å². The minimum absolute atomic E-state index is 0.0255. The maximum Gasteiger partial charge on any atom is 0.219 e. The molecule has 1 saturated heterocycles. The highest BCUT2D eigenvalue weighted by Gasteiger charge is 2.21. The van der Waals surface area contributed by atoms with Gasteiger partial charge in [-0.25, -0.2) is 4.39 Å². The van der Waals surface area contributed by atoms with Crippen LogP contribution in [0.25, 0.3) is 11.1 Å². The Kier molecular flexibility index (Phi) is 10.4. The van der Waals surface area contributed by atoms with Crippen molar-refractivity contribution in [1.82, 2.24) is 9.88 Å². The Bertz CT molecular complexity index is 1200. The van der Waals surface area contributed by atoms with Crippen LogP contribution in [0.5, 0.6) is 0 Å². The second kappa shape index (κ2) is 13.7. The summed E-state index contributed by atoms with van der Waals surface area (Å²) in [5.74, 6) is 0.254. The number of hydrogen-bond donors (Lipinski definition) is 3. The van der Waals surface area contributed by atoms with E-state index in [1.807, 2.05) is 19.1 Å². The number of nitrogens with one attached hydrogen (secondary N) is 1. The third kappa shape index (κ3) is 8.14. The molecule has 1 aromatic carbocycles. The van der Waals surface area contributed by atoms with Gasteiger partial charge in [-0.2, -0.15) is 0 Å². The molecule has 1 aromatic heterocycles. The first-order valence-corrected chi connectivity index (χ1v) is 12.9. The van der Waals surface area contributed by atoms with E-state index in [-0.39, 0.29) is 23.7 Å². The molecule has 4 N–H and O–H groups in total. The Balaban J connectivity index is 0.000000336. The summed E-state index contributed by atoms with van der Waals surface area (Å²) < 4.78 is 14.0. The number of aliphatic hydroxyl groups excluding tert-OH is 1. The monoisotopic (exact) mass is 520 g/mol. The predicted octanol–water partition coefficient (Wildman–Crippen LogP) is 4.15. The molecule has 0 saturated carbocycles. The highest BCUT2D eigenvalue weighted by molar-refractivity contribution is 6.22. The quantitative estimate of drug-likeness (QED) is 0.550. The Morgan fingerprint density at radius 3 is 2.61 bits per heavy atom. The zero-order chi connectivity index (χ0) is 27.7. The number of amides is 1. The molecule has 1 unspecified atom stereocenters. The highest BCUT2D eigenvalue weighted by Crippen LogP contribution is 2.34. The summed E-state index contributed by atoms with van der Waals surface area (Å²) in [5.41, 5.74) is 10.3. The highest BCUT2D eigenvalue weighted by atomic mass is 19.1. The number of piperidine rings is 1. The summed E-state index contributed by atoms with van der Waals surface area (Å²) in [5, 5.41) is 17.6. The van der Waals surface area contributed by atoms with Crippen LogP contribution in [0.15, 0.2) is 64.9 Å². The number of benzene rings is 1. The van der Waals surface area contributed by atoms with Crippen molar-refractivity contribution in [3.63, 3.8) is 0 Å². The van der Waals surface area contributed by atoms with Gasteiger partial charge in [0.15, 0.2) is 0 Å². The SMILES string of the molecule is C=C1C(=N)CC(c2ccc(F)cc2-c2cccnc2)CCN=C(N)CN=C1C.CC(=O)N1CCC(O)CC1. The number of halogens is 1. The summed E-state index contributed by atoms with van der Waals surface area (Å²) in [6, 6.07) is 8.53. The number of carbonyl (C=O) groups excluding carboxylic acids is 1. The van der Waals surface area contributed by atoms with Crippen LogP contribution in [0.4, 0.5) is 4.39 Å². The molecular weight excluding hydrogens is 483 g/mol. The lowest BCUT2D eigenvalue weighted by Crippen LogP contribution is -2.38. The summed E-state index contributed by atoms with van der Waals surface area (Å²) >= 11 is 0. The topological polar surface area (TPSA) is 128 Å². The van der Waals surface area contributed by atoms with Gasteiger partial charge in [-0.15, -0.1) is 0 Å². The smallest absolute Gasteiger partial charge is 0.219 e. The van der Waals surface area contributed by atoms with Crippen LogP contribution >= 0.6 is 0 Å². The van der Waals surface area contributed by atoms with E-state index in [1.165, 1.54) is 12.1 Å². The molecular formula is C29H37FN6O2. The number of aliphatic imine (C=N–C) groups is 2. The van der Waals surface area contributed by atoms with E-state index in [2.05, 4.69) is 21.5 Å². The summed E-state index contributed by atoms with van der Waals surface area (Å²) in [6.45, 7) is 9.68. The van der Waals surface area contributed by atoms with Crippen LogP contribution in [0.3, 0.4) is 0 Å². The fourth-order valence-corrected chi connectivity index (χ4v) is 4.50. The maximum atomic E-state index is 14.0. The van der Waals surface area contributed by atoms with Crippen molar-refractivity contribution >= 4 is 23.2 Å². The van der Waals surface area contributed by atoms with Gasteiger partial charge >= 0.3 is 0 Å². The third-order valence-electron chi connectivity index (χ3n) is 6.86. The number of carbonyl (C=O) groups is 1. The Morgan fingerprint density at radius 1 is 1.21 bits per heavy atom. The third-order valence-corrected chi connectivity index (χ3v) is 6.86. The number of likely N-dealkylation sites (tertiary alicyclic amines) is 1. The molecule has 8 nitrogen and oxygen atoms in total. The molecule has 1 amide bonds.